The molecular formula is C52H36N4. The fourth-order valence-electron chi connectivity index (χ4n) is 8.20. The quantitative estimate of drug-likeness (QED) is 0.172. The Bertz CT molecular complexity index is 2960. The maximum absolute atomic E-state index is 10.2. The van der Waals surface area contributed by atoms with Crippen LogP contribution >= 0.6 is 0 Å². The molecule has 0 fully saturated rings. The summed E-state index contributed by atoms with van der Waals surface area (Å²) in [6.45, 7) is 0. The van der Waals surface area contributed by atoms with Crippen molar-refractivity contribution < 1.29 is 0 Å². The van der Waals surface area contributed by atoms with Crippen molar-refractivity contribution in [3.63, 3.8) is 0 Å². The third-order valence-corrected chi connectivity index (χ3v) is 11.1. The van der Waals surface area contributed by atoms with Crippen molar-refractivity contribution in [1.82, 2.24) is 15.0 Å². The van der Waals surface area contributed by atoms with Crippen LogP contribution in [0.4, 0.5) is 0 Å². The Balaban J connectivity index is 1.02. The van der Waals surface area contributed by atoms with E-state index < -0.39 is 0 Å². The van der Waals surface area contributed by atoms with Crippen LogP contribution in [0.25, 0.3) is 89.4 Å². The molecule has 8 aromatic rings. The van der Waals surface area contributed by atoms with Gasteiger partial charge in [-0.25, -0.2) is 15.0 Å². The molecule has 1 aromatic heterocycles. The summed E-state index contributed by atoms with van der Waals surface area (Å²) in [7, 11) is 0. The first kappa shape index (κ1) is 33.4. The number of fused-ring (bicyclic) bond motifs is 4. The van der Waals surface area contributed by atoms with Crippen LogP contribution in [0, 0.1) is 11.3 Å². The lowest BCUT2D eigenvalue weighted by molar-refractivity contribution is 0.978. The average Bonchev–Trinajstić information content (AvgIpc) is 3.28. The molecule has 1 heterocycles. The first-order chi connectivity index (χ1) is 27.7. The fourth-order valence-corrected chi connectivity index (χ4v) is 8.20. The Morgan fingerprint density at radius 2 is 1.14 bits per heavy atom. The molecule has 0 saturated carbocycles. The van der Waals surface area contributed by atoms with Crippen molar-refractivity contribution in [2.45, 2.75) is 25.7 Å². The number of hydrogen-bond acceptors (Lipinski definition) is 4. The Hall–Kier alpha value is -7.22. The monoisotopic (exact) mass is 716 g/mol. The number of aryl methyl sites for hydroxylation is 1. The SMILES string of the molecule is N#Cc1cc(-c2ccc3c4c(ccc3c2)CCC=C4)cc(-c2ccc(-c3ccc(-c4nc(C5=CC=CCC5)nc(-c5ccccc5)n4)cc3)c3ccccc23)c1. The van der Waals surface area contributed by atoms with Gasteiger partial charge in [-0.15, -0.1) is 0 Å². The van der Waals surface area contributed by atoms with Gasteiger partial charge in [0.15, 0.2) is 17.5 Å². The molecule has 0 N–H and O–H groups in total. The largest absolute Gasteiger partial charge is 0.209 e. The predicted molar refractivity (Wildman–Crippen MR) is 230 cm³/mol. The van der Waals surface area contributed by atoms with E-state index in [9.17, 15) is 5.26 Å². The van der Waals surface area contributed by atoms with Crippen LogP contribution in [0.5, 0.6) is 0 Å². The van der Waals surface area contributed by atoms with Crippen LogP contribution in [-0.2, 0) is 6.42 Å². The molecule has 2 aliphatic rings. The third-order valence-electron chi connectivity index (χ3n) is 11.1. The molecule has 4 heteroatoms. The molecule has 0 saturated heterocycles. The van der Waals surface area contributed by atoms with Gasteiger partial charge in [0.05, 0.1) is 11.6 Å². The summed E-state index contributed by atoms with van der Waals surface area (Å²) in [5.41, 5.74) is 12.9. The number of allylic oxidation sites excluding steroid dienone is 5. The molecule has 0 aliphatic heterocycles. The minimum Gasteiger partial charge on any atom is -0.209 e. The Kier molecular flexibility index (Phi) is 8.46. The van der Waals surface area contributed by atoms with Crippen LogP contribution in [0.15, 0.2) is 164 Å². The summed E-state index contributed by atoms with van der Waals surface area (Å²) in [5, 5.41) is 14.9. The van der Waals surface area contributed by atoms with Crippen LogP contribution in [-0.4, -0.2) is 15.0 Å². The van der Waals surface area contributed by atoms with E-state index in [1.165, 1.54) is 21.9 Å². The molecule has 56 heavy (non-hydrogen) atoms. The van der Waals surface area contributed by atoms with Gasteiger partial charge >= 0.3 is 0 Å². The van der Waals surface area contributed by atoms with Crippen molar-refractivity contribution in [2.75, 3.05) is 0 Å². The number of benzene rings is 7. The summed E-state index contributed by atoms with van der Waals surface area (Å²) in [4.78, 5) is 14.8. The van der Waals surface area contributed by atoms with Crippen molar-refractivity contribution in [2.24, 2.45) is 0 Å². The van der Waals surface area contributed by atoms with Gasteiger partial charge < -0.3 is 0 Å². The van der Waals surface area contributed by atoms with Crippen molar-refractivity contribution >= 4 is 33.2 Å². The van der Waals surface area contributed by atoms with Crippen LogP contribution in [0.1, 0.15) is 41.8 Å². The second kappa shape index (κ2) is 14.2. The molecule has 10 rings (SSSR count). The van der Waals surface area contributed by atoms with Gasteiger partial charge in [-0.1, -0.05) is 146 Å². The number of hydrogen-bond donors (Lipinski definition) is 0. The summed E-state index contributed by atoms with van der Waals surface area (Å²) in [6.07, 6.45) is 15.0. The molecule has 7 aromatic carbocycles. The first-order valence-corrected chi connectivity index (χ1v) is 19.3. The van der Waals surface area contributed by atoms with E-state index in [0.717, 1.165) is 92.4 Å². The first-order valence-electron chi connectivity index (χ1n) is 19.3. The van der Waals surface area contributed by atoms with E-state index >= 15 is 0 Å². The second-order valence-electron chi connectivity index (χ2n) is 14.5. The topological polar surface area (TPSA) is 62.5 Å². The molecule has 264 valence electrons. The number of nitriles is 1. The molecule has 0 bridgehead atoms. The van der Waals surface area contributed by atoms with E-state index in [1.807, 2.05) is 42.5 Å². The number of aromatic nitrogens is 3. The second-order valence-corrected chi connectivity index (χ2v) is 14.5. The van der Waals surface area contributed by atoms with Gasteiger partial charge in [-0.3, -0.25) is 0 Å². The average molecular weight is 717 g/mol. The molecule has 0 spiro atoms. The lowest BCUT2D eigenvalue weighted by Gasteiger charge is -2.15. The lowest BCUT2D eigenvalue weighted by Crippen LogP contribution is -2.03. The van der Waals surface area contributed by atoms with E-state index in [-0.39, 0.29) is 0 Å². The zero-order chi connectivity index (χ0) is 37.4. The Labute approximate surface area is 326 Å². The van der Waals surface area contributed by atoms with Crippen molar-refractivity contribution in [3.05, 3.63) is 186 Å². The maximum Gasteiger partial charge on any atom is 0.164 e. The summed E-state index contributed by atoms with van der Waals surface area (Å²) in [6, 6.07) is 51.5. The van der Waals surface area contributed by atoms with Crippen LogP contribution < -0.4 is 0 Å². The highest BCUT2D eigenvalue weighted by atomic mass is 15.0. The molecule has 0 radical (unpaired) electrons. The zero-order valence-corrected chi connectivity index (χ0v) is 30.8. The Morgan fingerprint density at radius 1 is 0.482 bits per heavy atom. The summed E-state index contributed by atoms with van der Waals surface area (Å²) < 4.78 is 0. The van der Waals surface area contributed by atoms with E-state index in [2.05, 4.69) is 134 Å². The number of rotatable bonds is 6. The fraction of sp³-hybridized carbons (Fsp3) is 0.0769. The summed E-state index contributed by atoms with van der Waals surface area (Å²) in [5.74, 6) is 2.06. The van der Waals surface area contributed by atoms with Gasteiger partial charge in [-0.05, 0) is 122 Å². The van der Waals surface area contributed by atoms with Gasteiger partial charge in [0.25, 0.3) is 0 Å². The highest BCUT2D eigenvalue weighted by Gasteiger charge is 2.17. The zero-order valence-electron chi connectivity index (χ0n) is 30.8. The normalized spacial score (nSPS) is 13.4. The molecule has 2 aliphatic carbocycles. The molecule has 0 amide bonds. The Morgan fingerprint density at radius 3 is 1.89 bits per heavy atom. The van der Waals surface area contributed by atoms with Gasteiger partial charge in [-0.2, -0.15) is 5.26 Å². The van der Waals surface area contributed by atoms with E-state index in [4.69, 9.17) is 15.0 Å². The van der Waals surface area contributed by atoms with Crippen LogP contribution in [0.2, 0.25) is 0 Å². The van der Waals surface area contributed by atoms with Crippen molar-refractivity contribution in [1.29, 1.82) is 5.26 Å². The van der Waals surface area contributed by atoms with Gasteiger partial charge in [0, 0.05) is 11.1 Å². The van der Waals surface area contributed by atoms with Crippen LogP contribution in [0.3, 0.4) is 0 Å². The van der Waals surface area contributed by atoms with Crippen molar-refractivity contribution in [3.8, 4) is 62.2 Å². The van der Waals surface area contributed by atoms with E-state index in [0.29, 0.717) is 17.2 Å². The van der Waals surface area contributed by atoms with E-state index in [1.54, 1.807) is 0 Å². The smallest absolute Gasteiger partial charge is 0.164 e. The van der Waals surface area contributed by atoms with Gasteiger partial charge in [0.2, 0.25) is 0 Å². The highest BCUT2D eigenvalue weighted by Crippen LogP contribution is 2.39. The lowest BCUT2D eigenvalue weighted by atomic mass is 9.88. The standard InChI is InChI=1S/C52H36N4/c53-33-34-29-42(40-25-26-46-41(31-40)24-21-35-11-7-8-16-44(35)46)32-43(30-34)47-28-27-45(48-17-9-10-18-49(47)48)36-19-22-39(23-20-36)52-55-50(37-12-3-1-4-13-37)54-51(56-52)38-14-5-2-6-15-38/h1-5,8-10,12-14,16-32H,6-7,11,15H2. The summed E-state index contributed by atoms with van der Waals surface area (Å²) >= 11 is 0. The maximum atomic E-state index is 10.2. The highest BCUT2D eigenvalue weighted by molar-refractivity contribution is 6.05. The predicted octanol–water partition coefficient (Wildman–Crippen LogP) is 13.1. The minimum atomic E-state index is 0.642. The molecule has 0 atom stereocenters. The number of nitrogens with zero attached hydrogens (tertiary/aromatic N) is 4. The molecule has 0 unspecified atom stereocenters. The minimum absolute atomic E-state index is 0.642. The third kappa shape index (κ3) is 6.20. The molecule has 4 nitrogen and oxygen atoms in total. The molecular weight excluding hydrogens is 681 g/mol. The van der Waals surface area contributed by atoms with Gasteiger partial charge in [0.1, 0.15) is 0 Å².